The number of aryl methyl sites for hydroxylation is 1. The van der Waals surface area contributed by atoms with Crippen LogP contribution in [0.5, 0.6) is 0 Å². The average molecular weight is 179 g/mol. The normalized spacial score (nSPS) is 11.6. The Balaban J connectivity index is 3.32. The smallest absolute Gasteiger partial charge is 0.137 e. The molecule has 68 valence electrons. The van der Waals surface area contributed by atoms with Gasteiger partial charge in [0.25, 0.3) is 0 Å². The molecule has 0 bridgehead atoms. The van der Waals surface area contributed by atoms with Crippen LogP contribution in [-0.4, -0.2) is 20.8 Å². The number of hydrogen-bond donors (Lipinski definition) is 2. The van der Waals surface area contributed by atoms with Crippen LogP contribution in [-0.2, 0) is 5.40 Å². The molecule has 1 aromatic carbocycles. The second kappa shape index (κ2) is 3.07. The Morgan fingerprint density at radius 3 is 2.46 bits per heavy atom. The van der Waals surface area contributed by atoms with E-state index in [2.05, 4.69) is 0 Å². The molecular formula is C8H12B2FNO. The molecule has 0 aliphatic rings. The monoisotopic (exact) mass is 179 g/mol. The molecule has 0 spiro atoms. The predicted molar refractivity (Wildman–Crippen MR) is 56.5 cm³/mol. The van der Waals surface area contributed by atoms with Gasteiger partial charge in [0, 0.05) is 16.7 Å². The summed E-state index contributed by atoms with van der Waals surface area (Å²) in [5.41, 5.74) is 7.02. The number of nitrogens with two attached hydrogens (primary N) is 1. The van der Waals surface area contributed by atoms with Crippen LogP contribution < -0.4 is 5.73 Å². The molecule has 0 aliphatic heterocycles. The summed E-state index contributed by atoms with van der Waals surface area (Å²) in [5, 5.41) is 8.40. The summed E-state index contributed by atoms with van der Waals surface area (Å²) >= 11 is 0. The van der Waals surface area contributed by atoms with E-state index in [4.69, 9.17) is 5.73 Å². The maximum atomic E-state index is 13.3. The van der Waals surface area contributed by atoms with Crippen molar-refractivity contribution in [1.29, 1.82) is 0 Å². The highest BCUT2D eigenvalue weighted by molar-refractivity contribution is 6.38. The van der Waals surface area contributed by atoms with Gasteiger partial charge in [0.05, 0.1) is 0 Å². The molecule has 13 heavy (non-hydrogen) atoms. The van der Waals surface area contributed by atoms with Gasteiger partial charge in [-0.15, -0.1) is 0 Å². The third-order valence-corrected chi connectivity index (χ3v) is 2.01. The number of anilines is 1. The van der Waals surface area contributed by atoms with E-state index >= 15 is 0 Å². The molecule has 0 saturated carbocycles. The molecule has 0 saturated heterocycles. The maximum Gasteiger partial charge on any atom is 0.137 e. The molecule has 1 rings (SSSR count). The van der Waals surface area contributed by atoms with Crippen molar-refractivity contribution in [2.75, 3.05) is 5.73 Å². The van der Waals surface area contributed by atoms with Gasteiger partial charge in [-0.1, -0.05) is 0 Å². The van der Waals surface area contributed by atoms with Gasteiger partial charge >= 0.3 is 0 Å². The number of aliphatic hydroxyl groups is 1. The number of halogens is 1. The van der Waals surface area contributed by atoms with Gasteiger partial charge in [-0.05, 0) is 24.6 Å². The fraction of sp³-hybridized carbons (Fsp3) is 0.250. The van der Waals surface area contributed by atoms with Crippen LogP contribution in [0.25, 0.3) is 0 Å². The summed E-state index contributed by atoms with van der Waals surface area (Å²) in [6.45, 7) is 1.73. The van der Waals surface area contributed by atoms with Gasteiger partial charge in [-0.3, -0.25) is 0 Å². The summed E-state index contributed by atoms with van der Waals surface area (Å²) < 4.78 is 13.3. The molecular weight excluding hydrogens is 167 g/mol. The largest absolute Gasteiger partial charge is 0.403 e. The summed E-state index contributed by atoms with van der Waals surface area (Å²) in [7, 11) is 3.06. The molecule has 0 atom stereocenters. The standard InChI is InChI=1S/C8H12B2FNO/c1-4-2-6(11)5(3-7(4)12)8(9,10)13/h2-3,13H,9-10,12H2,1H3. The number of nitrogen functional groups attached to an aromatic ring is 1. The van der Waals surface area contributed by atoms with E-state index in [0.29, 0.717) is 11.3 Å². The Bertz CT molecular complexity index is 336. The Morgan fingerprint density at radius 2 is 2.00 bits per heavy atom. The van der Waals surface area contributed by atoms with Gasteiger partial charge < -0.3 is 10.8 Å². The van der Waals surface area contributed by atoms with Gasteiger partial charge in [-0.25, -0.2) is 4.39 Å². The van der Waals surface area contributed by atoms with Crippen LogP contribution in [0.2, 0.25) is 0 Å². The first kappa shape index (κ1) is 10.1. The first-order valence-electron chi connectivity index (χ1n) is 4.11. The van der Waals surface area contributed by atoms with Crippen molar-refractivity contribution in [1.82, 2.24) is 0 Å². The second-order valence-corrected chi connectivity index (χ2v) is 3.75. The molecule has 0 aromatic heterocycles. The predicted octanol–water partition coefficient (Wildman–Crippen LogP) is -0.915. The van der Waals surface area contributed by atoms with E-state index in [1.54, 1.807) is 6.92 Å². The van der Waals surface area contributed by atoms with Gasteiger partial charge in [0.1, 0.15) is 21.5 Å². The highest BCUT2D eigenvalue weighted by Gasteiger charge is 2.21. The van der Waals surface area contributed by atoms with Gasteiger partial charge in [0.2, 0.25) is 0 Å². The molecule has 0 heterocycles. The molecule has 0 aliphatic carbocycles. The third kappa shape index (κ3) is 2.04. The van der Waals surface area contributed by atoms with Crippen molar-refractivity contribution < 1.29 is 9.50 Å². The highest BCUT2D eigenvalue weighted by Crippen LogP contribution is 2.23. The van der Waals surface area contributed by atoms with Crippen molar-refractivity contribution >= 4 is 21.4 Å². The minimum absolute atomic E-state index is 0.232. The number of hydrogen-bond acceptors (Lipinski definition) is 2. The Hall–Kier alpha value is -0.960. The summed E-state index contributed by atoms with van der Waals surface area (Å²) in [6, 6.07) is 2.81. The lowest BCUT2D eigenvalue weighted by molar-refractivity contribution is 0.211. The highest BCUT2D eigenvalue weighted by atomic mass is 19.1. The molecule has 0 amide bonds. The maximum absolute atomic E-state index is 13.3. The van der Waals surface area contributed by atoms with Crippen LogP contribution in [0, 0.1) is 12.7 Å². The van der Waals surface area contributed by atoms with E-state index in [9.17, 15) is 9.50 Å². The summed E-state index contributed by atoms with van der Waals surface area (Å²) in [5.74, 6) is -0.417. The van der Waals surface area contributed by atoms with Crippen molar-refractivity contribution in [3.05, 3.63) is 29.1 Å². The zero-order valence-corrected chi connectivity index (χ0v) is 8.06. The van der Waals surface area contributed by atoms with Crippen molar-refractivity contribution in [2.24, 2.45) is 0 Å². The first-order chi connectivity index (χ1) is 5.82. The molecule has 1 aromatic rings. The van der Waals surface area contributed by atoms with Gasteiger partial charge in [0.15, 0.2) is 0 Å². The fourth-order valence-electron chi connectivity index (χ4n) is 1.16. The zero-order valence-electron chi connectivity index (χ0n) is 8.06. The summed E-state index contributed by atoms with van der Waals surface area (Å²) in [6.07, 6.45) is 0. The van der Waals surface area contributed by atoms with Crippen LogP contribution in [0.4, 0.5) is 10.1 Å². The minimum atomic E-state index is -1.19. The van der Waals surface area contributed by atoms with Crippen LogP contribution >= 0.6 is 0 Å². The van der Waals surface area contributed by atoms with Crippen LogP contribution in [0.15, 0.2) is 12.1 Å². The quantitative estimate of drug-likeness (QED) is 0.432. The number of rotatable bonds is 1. The lowest BCUT2D eigenvalue weighted by Crippen LogP contribution is -2.27. The van der Waals surface area contributed by atoms with Crippen molar-refractivity contribution in [3.63, 3.8) is 0 Å². The fourth-order valence-corrected chi connectivity index (χ4v) is 1.16. The Morgan fingerprint density at radius 1 is 1.46 bits per heavy atom. The second-order valence-electron chi connectivity index (χ2n) is 3.75. The molecule has 5 heteroatoms. The molecule has 0 fully saturated rings. The van der Waals surface area contributed by atoms with Crippen molar-refractivity contribution in [3.8, 4) is 0 Å². The molecule has 0 radical (unpaired) electrons. The van der Waals surface area contributed by atoms with E-state index < -0.39 is 11.2 Å². The minimum Gasteiger partial charge on any atom is -0.403 e. The van der Waals surface area contributed by atoms with E-state index in [1.807, 2.05) is 0 Å². The van der Waals surface area contributed by atoms with Crippen LogP contribution in [0.1, 0.15) is 11.1 Å². The van der Waals surface area contributed by atoms with E-state index in [1.165, 1.54) is 27.8 Å². The lowest BCUT2D eigenvalue weighted by atomic mass is 9.61. The zero-order chi connectivity index (χ0) is 10.2. The van der Waals surface area contributed by atoms with Crippen molar-refractivity contribution in [2.45, 2.75) is 12.3 Å². The number of benzene rings is 1. The molecule has 3 N–H and O–H groups in total. The lowest BCUT2D eigenvalue weighted by Gasteiger charge is -2.19. The SMILES string of the molecule is BC(B)(O)c1cc(N)c(C)cc1F. The topological polar surface area (TPSA) is 46.2 Å². The first-order valence-corrected chi connectivity index (χ1v) is 4.11. The Labute approximate surface area is 78.8 Å². The van der Waals surface area contributed by atoms with E-state index in [0.717, 1.165) is 0 Å². The van der Waals surface area contributed by atoms with E-state index in [-0.39, 0.29) is 5.56 Å². The summed E-state index contributed by atoms with van der Waals surface area (Å²) in [4.78, 5) is 0. The molecule has 0 unspecified atom stereocenters. The Kier molecular flexibility index (Phi) is 2.39. The third-order valence-electron chi connectivity index (χ3n) is 2.01. The average Bonchev–Trinajstić information content (AvgIpc) is 1.94. The van der Waals surface area contributed by atoms with Gasteiger partial charge in [-0.2, -0.15) is 0 Å². The molecule has 2 nitrogen and oxygen atoms in total. The van der Waals surface area contributed by atoms with Crippen LogP contribution in [0.3, 0.4) is 0 Å².